The van der Waals surface area contributed by atoms with Gasteiger partial charge in [-0.2, -0.15) is 28.6 Å². The Kier molecular flexibility index (Phi) is 15.8. The van der Waals surface area contributed by atoms with Crippen LogP contribution in [0.15, 0.2) is 67.4 Å². The van der Waals surface area contributed by atoms with Crippen molar-refractivity contribution >= 4 is 47.1 Å². The molecule has 9 rings (SSSR count). The molecule has 0 spiro atoms. The van der Waals surface area contributed by atoms with Crippen LogP contribution in [0.3, 0.4) is 0 Å². The summed E-state index contributed by atoms with van der Waals surface area (Å²) in [6.45, 7) is 6.28. The summed E-state index contributed by atoms with van der Waals surface area (Å²) in [5, 5.41) is 33.7. The molecule has 0 bridgehead atoms. The van der Waals surface area contributed by atoms with Crippen molar-refractivity contribution in [2.24, 2.45) is 5.41 Å². The molecular formula is C51H58F4N12O6. The summed E-state index contributed by atoms with van der Waals surface area (Å²) in [6.07, 6.45) is 9.09. The Bertz CT molecular complexity index is 2860. The molecule has 4 N–H and O–H groups in total. The van der Waals surface area contributed by atoms with Gasteiger partial charge in [0.2, 0.25) is 23.6 Å². The number of hydrogen-bond donors (Lipinski definition) is 4. The first-order valence-electron chi connectivity index (χ1n) is 24.6. The maximum absolute atomic E-state index is 15.3. The van der Waals surface area contributed by atoms with Crippen LogP contribution in [0.25, 0.3) is 27.8 Å². The molecule has 4 fully saturated rings. The van der Waals surface area contributed by atoms with Crippen molar-refractivity contribution in [3.63, 3.8) is 0 Å². The van der Waals surface area contributed by atoms with Gasteiger partial charge in [-0.05, 0) is 113 Å². The van der Waals surface area contributed by atoms with Gasteiger partial charge in [0.25, 0.3) is 6.47 Å². The summed E-state index contributed by atoms with van der Waals surface area (Å²) in [5.74, 6) is -0.862. The van der Waals surface area contributed by atoms with E-state index in [4.69, 9.17) is 20.0 Å². The molecule has 4 aliphatic rings. The van der Waals surface area contributed by atoms with Crippen LogP contribution in [0.2, 0.25) is 0 Å². The van der Waals surface area contributed by atoms with E-state index in [0.717, 1.165) is 54.9 Å². The number of benzene rings is 1. The molecule has 1 aromatic carbocycles. The van der Waals surface area contributed by atoms with E-state index in [-0.39, 0.29) is 42.5 Å². The number of nitrogens with one attached hydrogen (secondary N) is 3. The molecule has 8 heterocycles. The van der Waals surface area contributed by atoms with E-state index in [1.165, 1.54) is 12.3 Å². The fourth-order valence-electron chi connectivity index (χ4n) is 10.4. The second-order valence-corrected chi connectivity index (χ2v) is 19.2. The number of fused-ring (bicyclic) bond motifs is 1. The number of nitriles is 1. The molecule has 5 aromatic rings. The number of anilines is 2. The molecule has 386 valence electrons. The van der Waals surface area contributed by atoms with Gasteiger partial charge in [-0.25, -0.2) is 13.9 Å². The van der Waals surface area contributed by atoms with Gasteiger partial charge in [0, 0.05) is 79.1 Å². The van der Waals surface area contributed by atoms with Gasteiger partial charge in [0.1, 0.15) is 29.8 Å². The molecule has 0 aliphatic carbocycles. The number of aromatic nitrogens is 5. The zero-order chi connectivity index (χ0) is 52.0. The number of imide groups is 1. The zero-order valence-corrected chi connectivity index (χ0v) is 40.6. The lowest BCUT2D eigenvalue weighted by molar-refractivity contribution is -0.162. The van der Waals surface area contributed by atoms with Gasteiger partial charge in [-0.3, -0.25) is 38.9 Å². The number of carbonyl (C=O) groups excluding carboxylic acids is 4. The first kappa shape index (κ1) is 51.9. The summed E-state index contributed by atoms with van der Waals surface area (Å²) in [6, 6.07) is 10.5. The Hall–Kier alpha value is -7.41. The molecule has 4 saturated heterocycles. The molecule has 22 heteroatoms. The topological polar surface area (TPSA) is 223 Å². The molecule has 2 atom stereocenters. The van der Waals surface area contributed by atoms with E-state index in [1.807, 2.05) is 52.0 Å². The fraction of sp³-hybridized carbons (Fsp3) is 0.471. The van der Waals surface area contributed by atoms with Gasteiger partial charge in [0.05, 0.1) is 41.5 Å². The number of carbonyl (C=O) groups is 5. The predicted molar refractivity (Wildman–Crippen MR) is 260 cm³/mol. The number of pyridine rings is 2. The third-order valence-electron chi connectivity index (χ3n) is 14.9. The molecule has 0 radical (unpaired) electrons. The van der Waals surface area contributed by atoms with Crippen LogP contribution < -0.4 is 20.9 Å². The van der Waals surface area contributed by atoms with Crippen LogP contribution in [0.1, 0.15) is 94.7 Å². The smallest absolute Gasteiger partial charge is 0.408 e. The van der Waals surface area contributed by atoms with Crippen LogP contribution in [0.4, 0.5) is 29.1 Å². The van der Waals surface area contributed by atoms with E-state index in [0.29, 0.717) is 99.6 Å². The first-order valence-corrected chi connectivity index (χ1v) is 24.6. The van der Waals surface area contributed by atoms with Crippen LogP contribution >= 0.6 is 0 Å². The second-order valence-electron chi connectivity index (χ2n) is 19.2. The van der Waals surface area contributed by atoms with Crippen LogP contribution in [-0.2, 0) is 24.0 Å². The van der Waals surface area contributed by atoms with Crippen LogP contribution in [0.5, 0.6) is 0 Å². The normalized spacial score (nSPS) is 19.3. The Morgan fingerprint density at radius 3 is 2.30 bits per heavy atom. The Balaban J connectivity index is 0.00000231. The molecule has 18 nitrogen and oxygen atoms in total. The quantitative estimate of drug-likeness (QED) is 0.0613. The molecule has 0 saturated carbocycles. The van der Waals surface area contributed by atoms with E-state index in [2.05, 4.69) is 32.0 Å². The van der Waals surface area contributed by atoms with Gasteiger partial charge in [-0.15, -0.1) is 0 Å². The fourth-order valence-corrected chi connectivity index (χ4v) is 10.4. The van der Waals surface area contributed by atoms with Crippen molar-refractivity contribution in [2.45, 2.75) is 102 Å². The number of hydrogen-bond acceptors (Lipinski definition) is 12. The minimum absolute atomic E-state index is 0.0165. The Morgan fingerprint density at radius 1 is 0.945 bits per heavy atom. The van der Waals surface area contributed by atoms with Crippen molar-refractivity contribution in [2.75, 3.05) is 56.0 Å². The predicted octanol–water partition coefficient (Wildman–Crippen LogP) is 6.30. The molecule has 73 heavy (non-hydrogen) atoms. The number of nitrogens with zero attached hydrogens (tertiary/aromatic N) is 9. The SMILES string of the molecule is CCC1(C(=O)N[C@H](C)C(F)(F)F)CCN(c2ccc(-c3cc(-c4cnn(C5CCN(C(=O)CN6CCC(c7ccc(NC8CCC(=O)NC8=O)cc7F)CC6)CC5)c4)cn4ncc(C#N)c34)cn2)CC1.O=CO. The third kappa shape index (κ3) is 11.6. The van der Waals surface area contributed by atoms with Gasteiger partial charge in [0.15, 0.2) is 0 Å². The lowest BCUT2D eigenvalue weighted by Crippen LogP contribution is -2.53. The van der Waals surface area contributed by atoms with Crippen molar-refractivity contribution in [1.82, 2.24) is 44.8 Å². The minimum Gasteiger partial charge on any atom is -0.483 e. The van der Waals surface area contributed by atoms with E-state index >= 15 is 4.39 Å². The highest BCUT2D eigenvalue weighted by Crippen LogP contribution is 2.39. The molecule has 4 amide bonds. The van der Waals surface area contributed by atoms with Crippen molar-refractivity contribution in [3.8, 4) is 28.3 Å². The van der Waals surface area contributed by atoms with E-state index < -0.39 is 35.5 Å². The lowest BCUT2D eigenvalue weighted by atomic mass is 9.75. The van der Waals surface area contributed by atoms with Crippen LogP contribution in [-0.4, -0.2) is 133 Å². The van der Waals surface area contributed by atoms with E-state index in [1.54, 1.807) is 29.0 Å². The minimum atomic E-state index is -4.52. The summed E-state index contributed by atoms with van der Waals surface area (Å²) >= 11 is 0. The molecule has 1 unspecified atom stereocenters. The monoisotopic (exact) mass is 1010 g/mol. The van der Waals surface area contributed by atoms with Crippen molar-refractivity contribution < 1.29 is 46.6 Å². The van der Waals surface area contributed by atoms with Gasteiger partial charge in [-0.1, -0.05) is 13.0 Å². The number of piperidine rings is 4. The average Bonchev–Trinajstić information content (AvgIpc) is 4.06. The number of alkyl halides is 3. The molecule has 4 aromatic heterocycles. The standard InChI is InChI=1S/C50H56F4N12O4.CH2O2/c1-3-49(48(70)59-31(2)50(52,53)54)14-20-63(21-15-49)43-8-4-33(25-56-43)40-22-34(28-66-46(40)35(24-55)26-58-66)36-27-57-65(29-36)38-12-18-64(19-13-38)45(68)30-62-16-10-32(11-17-62)39-6-5-37(23-41(39)51)60-42-7-9-44(67)61-47(42)69;2-1-3/h4-6,8,22-23,25-29,31-32,38,42,60H,3,7,9-21,30H2,1-2H3,(H,59,70)(H,61,67,69);1H,(H,2,3)/t31-,42?;/m1./s1. The second kappa shape index (κ2) is 22.1. The number of halogens is 4. The summed E-state index contributed by atoms with van der Waals surface area (Å²) in [4.78, 5) is 69.4. The highest BCUT2D eigenvalue weighted by Gasteiger charge is 2.44. The van der Waals surface area contributed by atoms with Crippen LogP contribution in [0, 0.1) is 22.6 Å². The maximum atomic E-state index is 15.3. The molecular weight excluding hydrogens is 953 g/mol. The summed E-state index contributed by atoms with van der Waals surface area (Å²) < 4.78 is 58.6. The number of amides is 4. The van der Waals surface area contributed by atoms with Crippen molar-refractivity contribution in [3.05, 3.63) is 84.3 Å². The largest absolute Gasteiger partial charge is 0.483 e. The Morgan fingerprint density at radius 2 is 1.67 bits per heavy atom. The summed E-state index contributed by atoms with van der Waals surface area (Å²) in [7, 11) is 0. The molecule has 4 aliphatic heterocycles. The van der Waals surface area contributed by atoms with E-state index in [9.17, 15) is 37.6 Å². The number of rotatable bonds is 12. The maximum Gasteiger partial charge on any atom is 0.408 e. The third-order valence-corrected chi connectivity index (χ3v) is 14.9. The zero-order valence-electron chi connectivity index (χ0n) is 40.6. The van der Waals surface area contributed by atoms with Gasteiger partial charge >= 0.3 is 6.18 Å². The number of carboxylic acid groups (broad SMARTS) is 1. The summed E-state index contributed by atoms with van der Waals surface area (Å²) in [5.41, 5.74) is 4.42. The first-order chi connectivity index (χ1) is 35.0. The highest BCUT2D eigenvalue weighted by atomic mass is 19.4. The lowest BCUT2D eigenvalue weighted by Gasteiger charge is -2.41. The Labute approximate surface area is 418 Å². The van der Waals surface area contributed by atoms with Crippen molar-refractivity contribution in [1.29, 1.82) is 5.26 Å². The average molecular weight is 1010 g/mol. The highest BCUT2D eigenvalue weighted by molar-refractivity contribution is 6.01. The van der Waals surface area contributed by atoms with Gasteiger partial charge < -0.3 is 25.5 Å². The number of likely N-dealkylation sites (tertiary alicyclic amines) is 2.